The van der Waals surface area contributed by atoms with Crippen LogP contribution in [0.25, 0.3) is 0 Å². The van der Waals surface area contributed by atoms with Crippen molar-refractivity contribution in [2.45, 2.75) is 39.7 Å². The Balaban J connectivity index is 0. The summed E-state index contributed by atoms with van der Waals surface area (Å²) in [6.45, 7) is 7.33. The highest BCUT2D eigenvalue weighted by atomic mass is 35.5. The van der Waals surface area contributed by atoms with Crippen LogP contribution in [0, 0.1) is 0 Å². The number of carbonyl (C=O) groups is 1. The molecule has 0 aliphatic carbocycles. The van der Waals surface area contributed by atoms with Gasteiger partial charge in [0, 0.05) is 5.88 Å². The number of rotatable bonds is 1. The average Bonchev–Trinajstić information content (AvgIpc) is 1.83. The minimum atomic E-state index is -0.725. The number of hydrogen-bond acceptors (Lipinski definition) is 2. The van der Waals surface area contributed by atoms with Crippen molar-refractivity contribution in [3.05, 3.63) is 0 Å². The monoisotopic (exact) mass is 195 g/mol. The predicted molar refractivity (Wildman–Crippen MR) is 51.4 cm³/mol. The summed E-state index contributed by atoms with van der Waals surface area (Å²) in [4.78, 5) is 10.0. The molecule has 1 amide bonds. The molecule has 0 radical (unpaired) electrons. The van der Waals surface area contributed by atoms with Gasteiger partial charge in [-0.25, -0.2) is 4.79 Å². The second kappa shape index (κ2) is 7.22. The first kappa shape index (κ1) is 14.1. The zero-order valence-corrected chi connectivity index (χ0v) is 8.94. The zero-order chi connectivity index (χ0) is 10.2. The van der Waals surface area contributed by atoms with Crippen molar-refractivity contribution in [3.8, 4) is 0 Å². The molecule has 0 fully saturated rings. The molecule has 0 bridgehead atoms. The second-order valence-electron chi connectivity index (χ2n) is 3.22. The molecule has 3 nitrogen and oxygen atoms in total. The van der Waals surface area contributed by atoms with Gasteiger partial charge in [-0.1, -0.05) is 6.92 Å². The molecular weight excluding hydrogens is 178 g/mol. The summed E-state index contributed by atoms with van der Waals surface area (Å²) < 4.78 is 4.58. The van der Waals surface area contributed by atoms with E-state index in [9.17, 15) is 4.79 Å². The van der Waals surface area contributed by atoms with Crippen LogP contribution in [0.3, 0.4) is 0 Å². The molecule has 0 heterocycles. The Morgan fingerprint density at radius 3 is 1.83 bits per heavy atom. The number of ether oxygens (including phenoxy) is 1. The molecule has 0 aromatic heterocycles. The van der Waals surface area contributed by atoms with E-state index in [2.05, 4.69) is 4.74 Å². The van der Waals surface area contributed by atoms with Crippen molar-refractivity contribution < 1.29 is 9.53 Å². The van der Waals surface area contributed by atoms with E-state index in [0.717, 1.165) is 12.3 Å². The zero-order valence-electron chi connectivity index (χ0n) is 8.19. The fourth-order valence-electron chi connectivity index (χ4n) is 0.302. The Hall–Kier alpha value is -0.440. The second-order valence-corrected chi connectivity index (χ2v) is 3.60. The first-order chi connectivity index (χ1) is 5.33. The summed E-state index contributed by atoms with van der Waals surface area (Å²) in [5.41, 5.74) is 4.26. The van der Waals surface area contributed by atoms with Gasteiger partial charge < -0.3 is 10.5 Å². The summed E-state index contributed by atoms with van der Waals surface area (Å²) in [5, 5.41) is 0. The summed E-state index contributed by atoms with van der Waals surface area (Å²) in [7, 11) is 0. The maximum absolute atomic E-state index is 10.0. The maximum Gasteiger partial charge on any atom is 0.405 e. The minimum Gasteiger partial charge on any atom is -0.444 e. The van der Waals surface area contributed by atoms with Crippen molar-refractivity contribution in [1.29, 1.82) is 0 Å². The van der Waals surface area contributed by atoms with E-state index in [1.165, 1.54) is 0 Å². The summed E-state index contributed by atoms with van der Waals surface area (Å²) in [6, 6.07) is 0. The first-order valence-corrected chi connectivity index (χ1v) is 4.41. The lowest BCUT2D eigenvalue weighted by molar-refractivity contribution is 0.0600. The third-order valence-corrected chi connectivity index (χ3v) is 0.974. The molecule has 0 aromatic carbocycles. The minimum absolute atomic E-state index is 0.453. The van der Waals surface area contributed by atoms with Crippen LogP contribution in [-0.2, 0) is 4.74 Å². The van der Waals surface area contributed by atoms with Crippen molar-refractivity contribution in [2.24, 2.45) is 5.73 Å². The molecule has 0 aliphatic rings. The van der Waals surface area contributed by atoms with Gasteiger partial charge in [-0.05, 0) is 27.2 Å². The largest absolute Gasteiger partial charge is 0.444 e. The van der Waals surface area contributed by atoms with Gasteiger partial charge in [-0.2, -0.15) is 0 Å². The maximum atomic E-state index is 10.0. The van der Waals surface area contributed by atoms with Gasteiger partial charge in [0.15, 0.2) is 0 Å². The van der Waals surface area contributed by atoms with Crippen LogP contribution in [-0.4, -0.2) is 17.6 Å². The van der Waals surface area contributed by atoms with E-state index in [0.29, 0.717) is 0 Å². The van der Waals surface area contributed by atoms with Crippen LogP contribution in [0.4, 0.5) is 4.79 Å². The highest BCUT2D eigenvalue weighted by molar-refractivity contribution is 6.17. The fraction of sp³-hybridized carbons (Fsp3) is 0.875. The topological polar surface area (TPSA) is 52.3 Å². The molecule has 0 atom stereocenters. The van der Waals surface area contributed by atoms with Gasteiger partial charge in [0.2, 0.25) is 0 Å². The molecule has 0 unspecified atom stereocenters. The summed E-state index contributed by atoms with van der Waals surface area (Å²) in [5.74, 6) is 0.792. The number of primary amides is 1. The van der Waals surface area contributed by atoms with E-state index in [4.69, 9.17) is 17.3 Å². The summed E-state index contributed by atoms with van der Waals surface area (Å²) >= 11 is 5.19. The standard InChI is InChI=1S/C5H11NO2.C3H7Cl/c1-5(2,3)8-4(6)7;1-2-3-4/h1-3H3,(H2,6,7);2-3H2,1H3. The van der Waals surface area contributed by atoms with Gasteiger partial charge in [0.05, 0.1) is 0 Å². The number of nitrogens with two attached hydrogens (primary N) is 1. The molecule has 0 saturated heterocycles. The van der Waals surface area contributed by atoms with Crippen LogP contribution in [0.15, 0.2) is 0 Å². The molecule has 74 valence electrons. The van der Waals surface area contributed by atoms with E-state index >= 15 is 0 Å². The third-order valence-electron chi connectivity index (χ3n) is 0.596. The molecule has 12 heavy (non-hydrogen) atoms. The van der Waals surface area contributed by atoms with E-state index in [-0.39, 0.29) is 0 Å². The van der Waals surface area contributed by atoms with Crippen molar-refractivity contribution in [2.75, 3.05) is 5.88 Å². The van der Waals surface area contributed by atoms with E-state index < -0.39 is 11.7 Å². The van der Waals surface area contributed by atoms with Gasteiger partial charge >= 0.3 is 6.09 Å². The normalized spacial score (nSPS) is 9.75. The number of carbonyl (C=O) groups excluding carboxylic acids is 1. The van der Waals surface area contributed by atoms with Gasteiger partial charge in [-0.3, -0.25) is 0 Å². The molecule has 0 rings (SSSR count). The lowest BCUT2D eigenvalue weighted by Crippen LogP contribution is -2.27. The van der Waals surface area contributed by atoms with Gasteiger partial charge in [0.25, 0.3) is 0 Å². The van der Waals surface area contributed by atoms with Crippen LogP contribution in [0.2, 0.25) is 0 Å². The molecule has 0 spiro atoms. The van der Waals surface area contributed by atoms with Gasteiger partial charge in [0.1, 0.15) is 5.60 Å². The van der Waals surface area contributed by atoms with Crippen molar-refractivity contribution in [1.82, 2.24) is 0 Å². The predicted octanol–water partition coefficient (Wildman–Crippen LogP) is 2.52. The Morgan fingerprint density at radius 1 is 1.50 bits per heavy atom. The number of amides is 1. The number of alkyl halides is 1. The van der Waals surface area contributed by atoms with Crippen LogP contribution in [0.1, 0.15) is 34.1 Å². The van der Waals surface area contributed by atoms with Crippen LogP contribution in [0.5, 0.6) is 0 Å². The van der Waals surface area contributed by atoms with Crippen LogP contribution < -0.4 is 5.73 Å². The average molecular weight is 196 g/mol. The number of halogens is 1. The SMILES string of the molecule is CC(C)(C)OC(N)=O.CCCCl. The van der Waals surface area contributed by atoms with Crippen molar-refractivity contribution >= 4 is 17.7 Å². The number of hydrogen-bond donors (Lipinski definition) is 1. The molecule has 2 N–H and O–H groups in total. The highest BCUT2D eigenvalue weighted by Crippen LogP contribution is 2.04. The van der Waals surface area contributed by atoms with E-state index in [1.54, 1.807) is 20.8 Å². The van der Waals surface area contributed by atoms with Gasteiger partial charge in [-0.15, -0.1) is 11.6 Å². The summed E-state index contributed by atoms with van der Waals surface area (Å²) in [6.07, 6.45) is 0.360. The highest BCUT2D eigenvalue weighted by Gasteiger charge is 2.12. The van der Waals surface area contributed by atoms with Crippen molar-refractivity contribution in [3.63, 3.8) is 0 Å². The lowest BCUT2D eigenvalue weighted by Gasteiger charge is -2.16. The van der Waals surface area contributed by atoms with Crippen LogP contribution >= 0.6 is 11.6 Å². The Kier molecular flexibility index (Phi) is 8.49. The first-order valence-electron chi connectivity index (χ1n) is 3.88. The van der Waals surface area contributed by atoms with E-state index in [1.807, 2.05) is 6.92 Å². The Labute approximate surface area is 79.2 Å². The molecule has 0 aromatic rings. The lowest BCUT2D eigenvalue weighted by atomic mass is 10.2. The Bertz CT molecular complexity index is 119. The molecule has 0 saturated carbocycles. The molecule has 4 heteroatoms. The smallest absolute Gasteiger partial charge is 0.405 e. The third kappa shape index (κ3) is 22.7. The fourth-order valence-corrected chi connectivity index (χ4v) is 0.302. The molecular formula is C8H18ClNO2. The Morgan fingerprint density at radius 2 is 1.83 bits per heavy atom. The molecule has 0 aliphatic heterocycles. The quantitative estimate of drug-likeness (QED) is 0.654.